The molecule has 0 unspecified atom stereocenters. The van der Waals surface area contributed by atoms with E-state index in [1.54, 1.807) is 0 Å². The molecular formula is C15H15BrClN. The zero-order valence-corrected chi connectivity index (χ0v) is 12.5. The van der Waals surface area contributed by atoms with Crippen LogP contribution in [0.15, 0.2) is 53.0 Å². The van der Waals surface area contributed by atoms with Crippen molar-refractivity contribution in [2.45, 2.75) is 19.5 Å². The van der Waals surface area contributed by atoms with Gasteiger partial charge in [-0.1, -0.05) is 51.8 Å². The van der Waals surface area contributed by atoms with Crippen LogP contribution in [0.1, 0.15) is 24.1 Å². The second-order valence-corrected chi connectivity index (χ2v) is 5.64. The third kappa shape index (κ3) is 3.84. The predicted molar refractivity (Wildman–Crippen MR) is 80.8 cm³/mol. The molecule has 2 rings (SSSR count). The van der Waals surface area contributed by atoms with Gasteiger partial charge in [-0.3, -0.25) is 0 Å². The third-order valence-corrected chi connectivity index (χ3v) is 3.64. The molecule has 0 saturated heterocycles. The summed E-state index contributed by atoms with van der Waals surface area (Å²) < 4.78 is 1.11. The third-order valence-electron chi connectivity index (χ3n) is 2.87. The molecule has 0 bridgehead atoms. The van der Waals surface area contributed by atoms with Crippen molar-refractivity contribution in [2.24, 2.45) is 0 Å². The van der Waals surface area contributed by atoms with E-state index in [9.17, 15) is 0 Å². The van der Waals surface area contributed by atoms with Crippen LogP contribution in [0.2, 0.25) is 5.02 Å². The minimum absolute atomic E-state index is 0.285. The van der Waals surface area contributed by atoms with Gasteiger partial charge in [0.15, 0.2) is 0 Å². The first-order chi connectivity index (χ1) is 8.65. The zero-order chi connectivity index (χ0) is 13.0. The number of hydrogen-bond acceptors (Lipinski definition) is 1. The molecule has 2 aromatic rings. The van der Waals surface area contributed by atoms with Gasteiger partial charge in [-0.2, -0.15) is 0 Å². The molecule has 0 heterocycles. The lowest BCUT2D eigenvalue weighted by Gasteiger charge is -2.14. The smallest absolute Gasteiger partial charge is 0.0409 e. The van der Waals surface area contributed by atoms with Crippen molar-refractivity contribution in [1.82, 2.24) is 5.32 Å². The fraction of sp³-hybridized carbons (Fsp3) is 0.200. The zero-order valence-electron chi connectivity index (χ0n) is 10.2. The van der Waals surface area contributed by atoms with E-state index < -0.39 is 0 Å². The molecule has 0 radical (unpaired) electrons. The minimum Gasteiger partial charge on any atom is -0.306 e. The Bertz CT molecular complexity index is 510. The van der Waals surface area contributed by atoms with E-state index in [2.05, 4.69) is 58.5 Å². The normalized spacial score (nSPS) is 12.4. The van der Waals surface area contributed by atoms with Gasteiger partial charge < -0.3 is 5.32 Å². The highest BCUT2D eigenvalue weighted by molar-refractivity contribution is 9.10. The number of hydrogen-bond donors (Lipinski definition) is 1. The molecule has 0 fully saturated rings. The second kappa shape index (κ2) is 6.37. The largest absolute Gasteiger partial charge is 0.306 e. The van der Waals surface area contributed by atoms with Crippen LogP contribution in [0.3, 0.4) is 0 Å². The van der Waals surface area contributed by atoms with Gasteiger partial charge in [0.2, 0.25) is 0 Å². The lowest BCUT2D eigenvalue weighted by atomic mass is 10.1. The van der Waals surface area contributed by atoms with Crippen molar-refractivity contribution in [3.8, 4) is 0 Å². The van der Waals surface area contributed by atoms with Crippen LogP contribution in [0, 0.1) is 0 Å². The minimum atomic E-state index is 0.285. The maximum atomic E-state index is 5.99. The second-order valence-electron chi connectivity index (χ2n) is 4.28. The average Bonchev–Trinajstić information content (AvgIpc) is 2.38. The Morgan fingerprint density at radius 2 is 1.89 bits per heavy atom. The van der Waals surface area contributed by atoms with E-state index >= 15 is 0 Å². The molecular weight excluding hydrogens is 310 g/mol. The summed E-state index contributed by atoms with van der Waals surface area (Å²) >= 11 is 9.43. The molecule has 1 atom stereocenters. The molecule has 0 aromatic heterocycles. The molecule has 0 aliphatic heterocycles. The molecule has 0 aliphatic carbocycles. The van der Waals surface area contributed by atoms with Gasteiger partial charge in [0.05, 0.1) is 0 Å². The van der Waals surface area contributed by atoms with Gasteiger partial charge in [0.1, 0.15) is 0 Å². The van der Waals surface area contributed by atoms with Crippen LogP contribution in [0.5, 0.6) is 0 Å². The Morgan fingerprint density at radius 3 is 2.56 bits per heavy atom. The molecule has 1 N–H and O–H groups in total. The van der Waals surface area contributed by atoms with Gasteiger partial charge in [-0.25, -0.2) is 0 Å². The van der Waals surface area contributed by atoms with Gasteiger partial charge in [0, 0.05) is 22.1 Å². The van der Waals surface area contributed by atoms with Gasteiger partial charge >= 0.3 is 0 Å². The van der Waals surface area contributed by atoms with Crippen LogP contribution in [0.4, 0.5) is 0 Å². The van der Waals surface area contributed by atoms with Crippen molar-refractivity contribution in [3.63, 3.8) is 0 Å². The van der Waals surface area contributed by atoms with E-state index in [1.165, 1.54) is 11.1 Å². The molecule has 94 valence electrons. The summed E-state index contributed by atoms with van der Waals surface area (Å²) in [6.45, 7) is 2.99. The van der Waals surface area contributed by atoms with Gasteiger partial charge in [-0.15, -0.1) is 0 Å². The van der Waals surface area contributed by atoms with E-state index in [4.69, 9.17) is 11.6 Å². The maximum absolute atomic E-state index is 5.99. The van der Waals surface area contributed by atoms with E-state index in [-0.39, 0.29) is 6.04 Å². The Labute approximate surface area is 121 Å². The monoisotopic (exact) mass is 323 g/mol. The average molecular weight is 325 g/mol. The van der Waals surface area contributed by atoms with Crippen molar-refractivity contribution >= 4 is 27.5 Å². The topological polar surface area (TPSA) is 12.0 Å². The van der Waals surface area contributed by atoms with E-state index in [0.29, 0.717) is 0 Å². The Balaban J connectivity index is 1.96. The van der Waals surface area contributed by atoms with Crippen LogP contribution in [-0.4, -0.2) is 0 Å². The number of benzene rings is 2. The lowest BCUT2D eigenvalue weighted by molar-refractivity contribution is 0.575. The van der Waals surface area contributed by atoms with Crippen LogP contribution in [0.25, 0.3) is 0 Å². The van der Waals surface area contributed by atoms with Gasteiger partial charge in [0.25, 0.3) is 0 Å². The molecule has 1 nitrogen and oxygen atoms in total. The summed E-state index contributed by atoms with van der Waals surface area (Å²) in [5, 5.41) is 4.27. The SMILES string of the molecule is C[C@H](NCc1ccc(Br)cc1)c1cccc(Cl)c1. The summed E-state index contributed by atoms with van der Waals surface area (Å²) in [7, 11) is 0. The van der Waals surface area contributed by atoms with Gasteiger partial charge in [-0.05, 0) is 42.3 Å². The molecule has 2 aromatic carbocycles. The molecule has 0 aliphatic rings. The quantitative estimate of drug-likeness (QED) is 0.838. The summed E-state index contributed by atoms with van der Waals surface area (Å²) in [5.74, 6) is 0. The lowest BCUT2D eigenvalue weighted by Crippen LogP contribution is -2.17. The maximum Gasteiger partial charge on any atom is 0.0409 e. The van der Waals surface area contributed by atoms with Crippen molar-refractivity contribution in [1.29, 1.82) is 0 Å². The summed E-state index contributed by atoms with van der Waals surface area (Å²) in [6, 6.07) is 16.6. The molecule has 18 heavy (non-hydrogen) atoms. The first-order valence-electron chi connectivity index (χ1n) is 5.88. The molecule has 0 saturated carbocycles. The highest BCUT2D eigenvalue weighted by atomic mass is 79.9. The Morgan fingerprint density at radius 1 is 1.17 bits per heavy atom. The summed E-state index contributed by atoms with van der Waals surface area (Å²) in [6.07, 6.45) is 0. The summed E-state index contributed by atoms with van der Waals surface area (Å²) in [4.78, 5) is 0. The van der Waals surface area contributed by atoms with Crippen molar-refractivity contribution in [3.05, 3.63) is 69.2 Å². The first-order valence-corrected chi connectivity index (χ1v) is 7.05. The summed E-state index contributed by atoms with van der Waals surface area (Å²) in [5.41, 5.74) is 2.48. The standard InChI is InChI=1S/C15H15BrClN/c1-11(13-3-2-4-15(17)9-13)18-10-12-5-7-14(16)8-6-12/h2-9,11,18H,10H2,1H3/t11-/m0/s1. The number of halogens is 2. The van der Waals surface area contributed by atoms with E-state index in [0.717, 1.165) is 16.0 Å². The van der Waals surface area contributed by atoms with Crippen LogP contribution >= 0.6 is 27.5 Å². The molecule has 3 heteroatoms. The fourth-order valence-electron chi connectivity index (χ4n) is 1.77. The first kappa shape index (κ1) is 13.6. The highest BCUT2D eigenvalue weighted by Gasteiger charge is 2.05. The number of nitrogens with one attached hydrogen (secondary N) is 1. The molecule has 0 spiro atoms. The highest BCUT2D eigenvalue weighted by Crippen LogP contribution is 2.18. The van der Waals surface area contributed by atoms with Crippen molar-refractivity contribution in [2.75, 3.05) is 0 Å². The van der Waals surface area contributed by atoms with E-state index in [1.807, 2.05) is 18.2 Å². The Kier molecular flexibility index (Phi) is 4.81. The fourth-order valence-corrected chi connectivity index (χ4v) is 2.23. The van der Waals surface area contributed by atoms with Crippen LogP contribution < -0.4 is 5.32 Å². The number of rotatable bonds is 4. The van der Waals surface area contributed by atoms with Crippen LogP contribution in [-0.2, 0) is 6.54 Å². The van der Waals surface area contributed by atoms with Crippen molar-refractivity contribution < 1.29 is 0 Å². The Hall–Kier alpha value is -0.830. The molecule has 0 amide bonds. The predicted octanol–water partition coefficient (Wildman–Crippen LogP) is 4.95.